The largest absolute Gasteiger partial charge is 0.322 e. The second-order valence-electron chi connectivity index (χ2n) is 4.61. The zero-order chi connectivity index (χ0) is 14.5. The number of carbonyl (C=O) groups is 1. The summed E-state index contributed by atoms with van der Waals surface area (Å²) >= 11 is 0. The lowest BCUT2D eigenvalue weighted by molar-refractivity contribution is -0.117. The maximum absolute atomic E-state index is 13.7. The first kappa shape index (κ1) is 14.2. The fourth-order valence-electron chi connectivity index (χ4n) is 1.96. The number of hydrogen-bond acceptors (Lipinski definition) is 2. The second-order valence-corrected chi connectivity index (χ2v) is 4.61. The minimum absolute atomic E-state index is 0.109. The fraction of sp³-hybridized carbons (Fsp3) is 0.188. The van der Waals surface area contributed by atoms with E-state index in [1.165, 1.54) is 11.0 Å². The predicted molar refractivity (Wildman–Crippen MR) is 77.8 cm³/mol. The van der Waals surface area contributed by atoms with Gasteiger partial charge in [-0.2, -0.15) is 0 Å². The summed E-state index contributed by atoms with van der Waals surface area (Å²) in [5.74, 6) is -0.563. The molecule has 0 aliphatic heterocycles. The maximum Gasteiger partial charge on any atom is 0.241 e. The first-order valence-electron chi connectivity index (χ1n) is 6.42. The van der Waals surface area contributed by atoms with Crippen LogP contribution < -0.4 is 10.6 Å². The summed E-state index contributed by atoms with van der Waals surface area (Å²) in [6.07, 6.45) is 0. The highest BCUT2D eigenvalue weighted by Gasteiger charge is 2.16. The number of rotatable bonds is 4. The molecule has 0 heterocycles. The van der Waals surface area contributed by atoms with Crippen LogP contribution in [0.4, 0.5) is 10.1 Å². The van der Waals surface area contributed by atoms with Gasteiger partial charge in [-0.25, -0.2) is 4.39 Å². The Morgan fingerprint density at radius 1 is 1.15 bits per heavy atom. The van der Waals surface area contributed by atoms with E-state index in [1.54, 1.807) is 18.2 Å². The lowest BCUT2D eigenvalue weighted by atomic mass is 10.1. The Kier molecular flexibility index (Phi) is 4.48. The zero-order valence-corrected chi connectivity index (χ0v) is 11.3. The number of carbonyl (C=O) groups excluding carboxylic acids is 1. The van der Waals surface area contributed by atoms with Gasteiger partial charge in [-0.3, -0.25) is 4.79 Å². The quantitative estimate of drug-likeness (QED) is 0.930. The van der Waals surface area contributed by atoms with Gasteiger partial charge in [0.05, 0.1) is 13.1 Å². The van der Waals surface area contributed by atoms with Crippen molar-refractivity contribution in [2.24, 2.45) is 5.73 Å². The fourth-order valence-corrected chi connectivity index (χ4v) is 1.96. The van der Waals surface area contributed by atoms with Crippen molar-refractivity contribution in [3.63, 3.8) is 0 Å². The van der Waals surface area contributed by atoms with E-state index in [9.17, 15) is 9.18 Å². The van der Waals surface area contributed by atoms with Crippen LogP contribution in [0.15, 0.2) is 48.5 Å². The van der Waals surface area contributed by atoms with Crippen LogP contribution in [0.25, 0.3) is 0 Å². The number of amides is 1. The van der Waals surface area contributed by atoms with Crippen LogP contribution in [0.3, 0.4) is 0 Å². The first-order valence-corrected chi connectivity index (χ1v) is 6.42. The predicted octanol–water partition coefficient (Wildman–Crippen LogP) is 2.63. The third-order valence-corrected chi connectivity index (χ3v) is 3.11. The maximum atomic E-state index is 13.7. The molecule has 0 aromatic heterocycles. The van der Waals surface area contributed by atoms with Crippen LogP contribution in [-0.4, -0.2) is 12.5 Å². The van der Waals surface area contributed by atoms with Crippen LogP contribution in [-0.2, 0) is 11.3 Å². The number of benzene rings is 2. The van der Waals surface area contributed by atoms with Gasteiger partial charge in [0.1, 0.15) is 5.82 Å². The molecule has 0 aliphatic carbocycles. The molecule has 2 aromatic carbocycles. The Bertz CT molecular complexity index is 596. The van der Waals surface area contributed by atoms with Crippen LogP contribution in [0.2, 0.25) is 0 Å². The van der Waals surface area contributed by atoms with Crippen molar-refractivity contribution in [1.82, 2.24) is 0 Å². The van der Waals surface area contributed by atoms with Crippen molar-refractivity contribution in [3.8, 4) is 0 Å². The molecule has 2 aromatic rings. The van der Waals surface area contributed by atoms with Gasteiger partial charge in [0.2, 0.25) is 5.91 Å². The van der Waals surface area contributed by atoms with E-state index in [-0.39, 0.29) is 24.8 Å². The van der Waals surface area contributed by atoms with Crippen molar-refractivity contribution in [2.75, 3.05) is 11.4 Å². The number of hydrogen-bond donors (Lipinski definition) is 1. The average Bonchev–Trinajstić information content (AvgIpc) is 2.47. The van der Waals surface area contributed by atoms with Crippen molar-refractivity contribution < 1.29 is 9.18 Å². The Labute approximate surface area is 117 Å². The molecule has 0 spiro atoms. The summed E-state index contributed by atoms with van der Waals surface area (Å²) in [4.78, 5) is 13.5. The molecule has 20 heavy (non-hydrogen) atoms. The molecule has 2 rings (SSSR count). The zero-order valence-electron chi connectivity index (χ0n) is 11.3. The Balaban J connectivity index is 2.31. The van der Waals surface area contributed by atoms with E-state index in [4.69, 9.17) is 5.73 Å². The molecular weight excluding hydrogens is 255 g/mol. The molecular formula is C16H17FN2O. The van der Waals surface area contributed by atoms with Gasteiger partial charge >= 0.3 is 0 Å². The first-order chi connectivity index (χ1) is 9.61. The molecule has 0 fully saturated rings. The second kappa shape index (κ2) is 6.30. The minimum Gasteiger partial charge on any atom is -0.322 e. The average molecular weight is 272 g/mol. The standard InChI is InChI=1S/C16H17FN2O/c1-12-6-8-14(9-7-12)19(16(20)10-18)11-13-4-2-3-5-15(13)17/h2-9H,10-11,18H2,1H3. The molecule has 0 aliphatic rings. The highest BCUT2D eigenvalue weighted by molar-refractivity contribution is 5.94. The summed E-state index contributed by atoms with van der Waals surface area (Å²) in [5.41, 5.74) is 7.73. The normalized spacial score (nSPS) is 10.3. The van der Waals surface area contributed by atoms with Crippen molar-refractivity contribution >= 4 is 11.6 Å². The molecule has 4 heteroatoms. The lowest BCUT2D eigenvalue weighted by Crippen LogP contribution is -2.35. The Morgan fingerprint density at radius 3 is 2.40 bits per heavy atom. The van der Waals surface area contributed by atoms with Gasteiger partial charge in [0.15, 0.2) is 0 Å². The molecule has 0 bridgehead atoms. The number of aryl methyl sites for hydroxylation is 1. The lowest BCUT2D eigenvalue weighted by Gasteiger charge is -2.22. The van der Waals surface area contributed by atoms with Gasteiger partial charge in [0.25, 0.3) is 0 Å². The number of anilines is 1. The molecule has 0 saturated heterocycles. The topological polar surface area (TPSA) is 46.3 Å². The van der Waals surface area contributed by atoms with Crippen molar-refractivity contribution in [3.05, 3.63) is 65.5 Å². The van der Waals surface area contributed by atoms with E-state index in [1.807, 2.05) is 31.2 Å². The Hall–Kier alpha value is -2.20. The molecule has 0 radical (unpaired) electrons. The summed E-state index contributed by atoms with van der Waals surface area (Å²) in [7, 11) is 0. The molecule has 0 unspecified atom stereocenters. The monoisotopic (exact) mass is 272 g/mol. The van der Waals surface area contributed by atoms with Gasteiger partial charge in [-0.1, -0.05) is 35.9 Å². The number of nitrogens with two attached hydrogens (primary N) is 1. The Morgan fingerprint density at radius 2 is 1.80 bits per heavy atom. The van der Waals surface area contributed by atoms with Gasteiger partial charge in [-0.15, -0.1) is 0 Å². The van der Waals surface area contributed by atoms with Crippen molar-refractivity contribution in [1.29, 1.82) is 0 Å². The molecule has 0 atom stereocenters. The molecule has 3 nitrogen and oxygen atoms in total. The van der Waals surface area contributed by atoms with Crippen LogP contribution in [0.1, 0.15) is 11.1 Å². The summed E-state index contributed by atoms with van der Waals surface area (Å²) in [6.45, 7) is 2.03. The van der Waals surface area contributed by atoms with Gasteiger partial charge in [0, 0.05) is 11.3 Å². The van der Waals surface area contributed by atoms with E-state index in [0.717, 1.165) is 5.56 Å². The number of halogens is 1. The third-order valence-electron chi connectivity index (χ3n) is 3.11. The summed E-state index contributed by atoms with van der Waals surface area (Å²) in [5, 5.41) is 0. The van der Waals surface area contributed by atoms with Crippen LogP contribution in [0, 0.1) is 12.7 Å². The van der Waals surface area contributed by atoms with E-state index in [2.05, 4.69) is 0 Å². The van der Waals surface area contributed by atoms with E-state index < -0.39 is 0 Å². The molecule has 104 valence electrons. The van der Waals surface area contributed by atoms with E-state index >= 15 is 0 Å². The third kappa shape index (κ3) is 3.22. The smallest absolute Gasteiger partial charge is 0.241 e. The van der Waals surface area contributed by atoms with Crippen molar-refractivity contribution in [2.45, 2.75) is 13.5 Å². The summed E-state index contributed by atoms with van der Waals surface area (Å²) in [6, 6.07) is 13.9. The highest BCUT2D eigenvalue weighted by Crippen LogP contribution is 2.19. The SMILES string of the molecule is Cc1ccc(N(Cc2ccccc2F)C(=O)CN)cc1. The highest BCUT2D eigenvalue weighted by atomic mass is 19.1. The minimum atomic E-state index is -0.325. The van der Waals surface area contributed by atoms with E-state index in [0.29, 0.717) is 11.3 Å². The molecule has 2 N–H and O–H groups in total. The van der Waals surface area contributed by atoms with Gasteiger partial charge in [-0.05, 0) is 25.1 Å². The summed E-state index contributed by atoms with van der Waals surface area (Å²) < 4.78 is 13.7. The van der Waals surface area contributed by atoms with Crippen LogP contribution in [0.5, 0.6) is 0 Å². The number of nitrogens with zero attached hydrogens (tertiary/aromatic N) is 1. The van der Waals surface area contributed by atoms with Gasteiger partial charge < -0.3 is 10.6 Å². The molecule has 1 amide bonds. The molecule has 0 saturated carbocycles. The van der Waals surface area contributed by atoms with Crippen LogP contribution >= 0.6 is 0 Å².